The zero-order chi connectivity index (χ0) is 20.3. The number of aryl methyl sites for hydroxylation is 1. The summed E-state index contributed by atoms with van der Waals surface area (Å²) in [6, 6.07) is 14.1. The molecule has 1 amide bonds. The van der Waals surface area contributed by atoms with Crippen LogP contribution in [0, 0.1) is 12.7 Å². The van der Waals surface area contributed by atoms with E-state index in [0.717, 1.165) is 4.47 Å². The van der Waals surface area contributed by atoms with Crippen molar-refractivity contribution in [1.82, 2.24) is 9.78 Å². The number of benzene rings is 2. The fourth-order valence-electron chi connectivity index (χ4n) is 2.63. The zero-order valence-electron chi connectivity index (χ0n) is 14.9. The number of aromatic nitrogens is 2. The Labute approximate surface area is 170 Å². The van der Waals surface area contributed by atoms with E-state index in [1.807, 2.05) is 0 Å². The minimum Gasteiger partial charge on any atom is -0.310 e. The Hall–Kier alpha value is -2.52. The van der Waals surface area contributed by atoms with Crippen molar-refractivity contribution in [3.05, 3.63) is 76.1 Å². The second-order valence-corrected chi connectivity index (χ2v) is 9.25. The van der Waals surface area contributed by atoms with Gasteiger partial charge < -0.3 is 5.32 Å². The van der Waals surface area contributed by atoms with Crippen molar-refractivity contribution in [2.24, 2.45) is 0 Å². The summed E-state index contributed by atoms with van der Waals surface area (Å²) in [5.41, 5.74) is 1.77. The van der Waals surface area contributed by atoms with E-state index in [1.54, 1.807) is 37.3 Å². The Morgan fingerprint density at radius 3 is 2.43 bits per heavy atom. The van der Waals surface area contributed by atoms with Crippen molar-refractivity contribution in [1.29, 1.82) is 0 Å². The van der Waals surface area contributed by atoms with Crippen LogP contribution in [-0.4, -0.2) is 29.9 Å². The number of carbonyl (C=O) groups excluding carboxylic acids is 1. The van der Waals surface area contributed by atoms with Crippen LogP contribution >= 0.6 is 15.9 Å². The molecule has 0 fully saturated rings. The molecule has 0 radical (unpaired) electrons. The summed E-state index contributed by atoms with van der Waals surface area (Å²) < 4.78 is 40.1. The summed E-state index contributed by atoms with van der Waals surface area (Å²) in [5, 5.41) is 6.84. The van der Waals surface area contributed by atoms with Crippen LogP contribution in [0.15, 0.2) is 59.1 Å². The molecule has 3 aromatic rings. The SMILES string of the molecule is Cc1cc(NC(=O)CS(=O)(=O)Cc2ccc(Br)cc2)n(-c2ccc(F)cc2)n1. The van der Waals surface area contributed by atoms with Crippen LogP contribution in [0.1, 0.15) is 11.3 Å². The minimum absolute atomic E-state index is 0.232. The summed E-state index contributed by atoms with van der Waals surface area (Å²) in [6.07, 6.45) is 0. The number of hydrogen-bond donors (Lipinski definition) is 1. The topological polar surface area (TPSA) is 81.1 Å². The number of amides is 1. The minimum atomic E-state index is -3.65. The normalized spacial score (nSPS) is 11.4. The molecule has 0 atom stereocenters. The maximum absolute atomic E-state index is 13.1. The number of halogens is 2. The molecule has 146 valence electrons. The lowest BCUT2D eigenvalue weighted by Gasteiger charge is -2.09. The maximum atomic E-state index is 13.1. The van der Waals surface area contributed by atoms with Crippen molar-refractivity contribution >= 4 is 37.5 Å². The molecule has 9 heteroatoms. The first-order valence-corrected chi connectivity index (χ1v) is 10.9. The lowest BCUT2D eigenvalue weighted by molar-refractivity contribution is -0.113. The molecule has 28 heavy (non-hydrogen) atoms. The van der Waals surface area contributed by atoms with E-state index < -0.39 is 27.3 Å². The van der Waals surface area contributed by atoms with Gasteiger partial charge >= 0.3 is 0 Å². The van der Waals surface area contributed by atoms with Crippen LogP contribution in [0.4, 0.5) is 10.2 Å². The molecule has 0 aliphatic heterocycles. The Morgan fingerprint density at radius 2 is 1.79 bits per heavy atom. The van der Waals surface area contributed by atoms with Gasteiger partial charge in [0.1, 0.15) is 17.4 Å². The predicted molar refractivity (Wildman–Crippen MR) is 109 cm³/mol. The Kier molecular flexibility index (Phi) is 5.95. The number of rotatable bonds is 6. The van der Waals surface area contributed by atoms with Crippen LogP contribution in [0.2, 0.25) is 0 Å². The predicted octanol–water partition coefficient (Wildman–Crippen LogP) is 3.64. The van der Waals surface area contributed by atoms with Crippen LogP contribution in [-0.2, 0) is 20.4 Å². The number of nitrogens with zero attached hydrogens (tertiary/aromatic N) is 2. The third kappa shape index (κ3) is 5.26. The third-order valence-electron chi connectivity index (χ3n) is 3.82. The number of carbonyl (C=O) groups is 1. The van der Waals surface area contributed by atoms with Gasteiger partial charge in [0.05, 0.1) is 17.1 Å². The highest BCUT2D eigenvalue weighted by atomic mass is 79.9. The highest BCUT2D eigenvalue weighted by Crippen LogP contribution is 2.18. The summed E-state index contributed by atoms with van der Waals surface area (Å²) in [7, 11) is -3.65. The van der Waals surface area contributed by atoms with E-state index in [-0.39, 0.29) is 5.75 Å². The van der Waals surface area contributed by atoms with Crippen molar-refractivity contribution < 1.29 is 17.6 Å². The first kappa shape index (κ1) is 20.2. The van der Waals surface area contributed by atoms with Gasteiger partial charge in [-0.05, 0) is 48.9 Å². The molecule has 0 aliphatic rings. The molecule has 0 saturated heterocycles. The number of anilines is 1. The van der Waals surface area contributed by atoms with Crippen LogP contribution in [0.5, 0.6) is 0 Å². The number of hydrogen-bond acceptors (Lipinski definition) is 4. The molecule has 1 heterocycles. The first-order valence-electron chi connectivity index (χ1n) is 8.29. The number of nitrogens with one attached hydrogen (secondary N) is 1. The van der Waals surface area contributed by atoms with E-state index in [1.165, 1.54) is 28.9 Å². The van der Waals surface area contributed by atoms with E-state index >= 15 is 0 Å². The first-order chi connectivity index (χ1) is 13.2. The molecule has 1 N–H and O–H groups in total. The molecule has 0 unspecified atom stereocenters. The lowest BCUT2D eigenvalue weighted by atomic mass is 10.2. The average Bonchev–Trinajstić information content (AvgIpc) is 2.97. The Bertz CT molecular complexity index is 1090. The van der Waals surface area contributed by atoms with Gasteiger partial charge in [-0.1, -0.05) is 28.1 Å². The molecular formula is C19H17BrFN3O3S. The average molecular weight is 466 g/mol. The van der Waals surface area contributed by atoms with Crippen molar-refractivity contribution in [3.8, 4) is 5.69 Å². The Morgan fingerprint density at radius 1 is 1.14 bits per heavy atom. The fraction of sp³-hybridized carbons (Fsp3) is 0.158. The third-order valence-corrected chi connectivity index (χ3v) is 5.82. The van der Waals surface area contributed by atoms with Crippen LogP contribution in [0.3, 0.4) is 0 Å². The monoisotopic (exact) mass is 465 g/mol. The largest absolute Gasteiger partial charge is 0.310 e. The quantitative estimate of drug-likeness (QED) is 0.602. The molecule has 6 nitrogen and oxygen atoms in total. The summed E-state index contributed by atoms with van der Waals surface area (Å²) in [6.45, 7) is 1.74. The van der Waals surface area contributed by atoms with E-state index in [4.69, 9.17) is 0 Å². The van der Waals surface area contributed by atoms with Crippen LogP contribution < -0.4 is 5.32 Å². The van der Waals surface area contributed by atoms with Crippen molar-refractivity contribution in [3.63, 3.8) is 0 Å². The fourth-order valence-corrected chi connectivity index (χ4v) is 4.17. The van der Waals surface area contributed by atoms with E-state index in [2.05, 4.69) is 26.3 Å². The number of sulfone groups is 1. The molecular weight excluding hydrogens is 449 g/mol. The highest BCUT2D eigenvalue weighted by Gasteiger charge is 2.19. The van der Waals surface area contributed by atoms with Gasteiger partial charge in [0.2, 0.25) is 5.91 Å². The van der Waals surface area contributed by atoms with E-state index in [9.17, 15) is 17.6 Å². The molecule has 2 aromatic carbocycles. The second kappa shape index (κ2) is 8.24. The second-order valence-electron chi connectivity index (χ2n) is 6.27. The van der Waals surface area contributed by atoms with Gasteiger partial charge in [-0.2, -0.15) is 5.10 Å². The summed E-state index contributed by atoms with van der Waals surface area (Å²) in [4.78, 5) is 12.3. The standard InChI is InChI=1S/C19H17BrFN3O3S/c1-13-10-18(24(23-13)17-8-6-16(21)7-9-17)22-19(25)12-28(26,27)11-14-2-4-15(20)5-3-14/h2-10H,11-12H2,1H3,(H,22,25). The maximum Gasteiger partial charge on any atom is 0.240 e. The lowest BCUT2D eigenvalue weighted by Crippen LogP contribution is -2.25. The van der Waals surface area contributed by atoms with Crippen molar-refractivity contribution in [2.45, 2.75) is 12.7 Å². The van der Waals surface area contributed by atoms with Gasteiger partial charge in [0.15, 0.2) is 9.84 Å². The summed E-state index contributed by atoms with van der Waals surface area (Å²) in [5.74, 6) is -1.63. The zero-order valence-corrected chi connectivity index (χ0v) is 17.3. The molecule has 1 aromatic heterocycles. The van der Waals surface area contributed by atoms with Gasteiger partial charge in [0, 0.05) is 10.5 Å². The van der Waals surface area contributed by atoms with Gasteiger partial charge in [-0.15, -0.1) is 0 Å². The van der Waals surface area contributed by atoms with Gasteiger partial charge in [0.25, 0.3) is 0 Å². The van der Waals surface area contributed by atoms with E-state index in [0.29, 0.717) is 22.8 Å². The molecule has 0 spiro atoms. The molecule has 0 saturated carbocycles. The smallest absolute Gasteiger partial charge is 0.240 e. The van der Waals surface area contributed by atoms with Gasteiger partial charge in [-0.25, -0.2) is 17.5 Å². The molecule has 3 rings (SSSR count). The molecule has 0 bridgehead atoms. The summed E-state index contributed by atoms with van der Waals surface area (Å²) >= 11 is 3.29. The van der Waals surface area contributed by atoms with Gasteiger partial charge in [-0.3, -0.25) is 4.79 Å². The van der Waals surface area contributed by atoms with Crippen molar-refractivity contribution in [2.75, 3.05) is 11.1 Å². The molecule has 0 aliphatic carbocycles. The Balaban J connectivity index is 1.72. The highest BCUT2D eigenvalue weighted by molar-refractivity contribution is 9.10. The van der Waals surface area contributed by atoms with Crippen LogP contribution in [0.25, 0.3) is 5.69 Å².